The van der Waals surface area contributed by atoms with Crippen LogP contribution in [0.4, 0.5) is 21.9 Å². The number of anilines is 3. The third kappa shape index (κ3) is 4.34. The average Bonchev–Trinajstić information content (AvgIpc) is 2.81. The van der Waals surface area contributed by atoms with E-state index in [9.17, 15) is 14.4 Å². The molecule has 0 radical (unpaired) electrons. The zero-order valence-electron chi connectivity index (χ0n) is 17.2. The van der Waals surface area contributed by atoms with E-state index in [0.717, 1.165) is 16.7 Å². The van der Waals surface area contributed by atoms with Crippen LogP contribution in [0.15, 0.2) is 82.6 Å². The molecular formula is C24H20N4O4. The van der Waals surface area contributed by atoms with Crippen molar-refractivity contribution in [2.24, 2.45) is 5.73 Å². The second-order valence-electron chi connectivity index (χ2n) is 7.21. The minimum absolute atomic E-state index is 0.228. The van der Waals surface area contributed by atoms with Crippen molar-refractivity contribution >= 4 is 23.2 Å². The van der Waals surface area contributed by atoms with Crippen LogP contribution in [0.2, 0.25) is 0 Å². The van der Waals surface area contributed by atoms with E-state index in [1.807, 2.05) is 43.3 Å². The molecule has 0 bridgehead atoms. The van der Waals surface area contributed by atoms with Crippen molar-refractivity contribution in [1.82, 2.24) is 4.98 Å². The summed E-state index contributed by atoms with van der Waals surface area (Å²) in [6.07, 6.45) is 2.33. The number of amides is 1. The average molecular weight is 428 g/mol. The van der Waals surface area contributed by atoms with Crippen molar-refractivity contribution in [3.8, 4) is 16.9 Å². The molecule has 1 atom stereocenters. The van der Waals surface area contributed by atoms with Gasteiger partial charge in [-0.25, -0.2) is 4.79 Å². The van der Waals surface area contributed by atoms with Gasteiger partial charge in [-0.05, 0) is 53.9 Å². The molecule has 0 saturated heterocycles. The quantitative estimate of drug-likeness (QED) is 0.383. The van der Waals surface area contributed by atoms with Crippen LogP contribution in [0, 0.1) is 0 Å². The van der Waals surface area contributed by atoms with Gasteiger partial charge in [0.25, 0.3) is 10.9 Å². The summed E-state index contributed by atoms with van der Waals surface area (Å²) in [4.78, 5) is 39.0. The molecule has 4 aromatic rings. The lowest BCUT2D eigenvalue weighted by molar-refractivity contribution is 0.211. The zero-order chi connectivity index (χ0) is 22.7. The van der Waals surface area contributed by atoms with Gasteiger partial charge in [-0.3, -0.25) is 14.6 Å². The lowest BCUT2D eigenvalue weighted by Gasteiger charge is -2.20. The number of nitrogens with zero attached hydrogens (tertiary/aromatic N) is 1. The van der Waals surface area contributed by atoms with Crippen LogP contribution >= 0.6 is 0 Å². The molecule has 1 unspecified atom stereocenters. The standard InChI is InChI=1S/C24H20N4O4/c1-14(27-20-21(23(30)22(20)29)28-18-9-11-26-12-10-18)16-3-2-4-17(13-16)15-5-7-19(8-6-15)32-24(25)31/h2-14,27H,1H3,(H2,25,31)(H,26,28). The number of pyridine rings is 1. The molecule has 1 aromatic heterocycles. The Bertz CT molecular complexity index is 1330. The topological polar surface area (TPSA) is 123 Å². The SMILES string of the molecule is CC(Nc1c(Nc2ccncc2)c(=O)c1=O)c1cccc(-c2ccc(OC(N)=O)cc2)c1. The van der Waals surface area contributed by atoms with Crippen molar-refractivity contribution in [2.45, 2.75) is 13.0 Å². The number of rotatable bonds is 7. The molecule has 4 rings (SSSR count). The highest BCUT2D eigenvalue weighted by Gasteiger charge is 2.23. The highest BCUT2D eigenvalue weighted by molar-refractivity contribution is 5.79. The Morgan fingerprint density at radius 1 is 0.938 bits per heavy atom. The number of carbonyl (C=O) groups is 1. The fourth-order valence-corrected chi connectivity index (χ4v) is 3.35. The van der Waals surface area contributed by atoms with E-state index in [1.165, 1.54) is 0 Å². The second-order valence-corrected chi connectivity index (χ2v) is 7.21. The number of aromatic nitrogens is 1. The second kappa shape index (κ2) is 8.73. The van der Waals surface area contributed by atoms with Gasteiger partial charge in [-0.2, -0.15) is 0 Å². The van der Waals surface area contributed by atoms with E-state index in [2.05, 4.69) is 15.6 Å². The van der Waals surface area contributed by atoms with Gasteiger partial charge < -0.3 is 21.1 Å². The molecular weight excluding hydrogens is 408 g/mol. The van der Waals surface area contributed by atoms with Gasteiger partial charge in [-0.1, -0.05) is 30.3 Å². The summed E-state index contributed by atoms with van der Waals surface area (Å²) in [5.41, 5.74) is 7.91. The summed E-state index contributed by atoms with van der Waals surface area (Å²) in [5.74, 6) is 0.363. The Labute approximate surface area is 183 Å². The van der Waals surface area contributed by atoms with Gasteiger partial charge in [0.15, 0.2) is 0 Å². The monoisotopic (exact) mass is 428 g/mol. The van der Waals surface area contributed by atoms with Gasteiger partial charge in [0.1, 0.15) is 17.1 Å². The van der Waals surface area contributed by atoms with E-state index in [0.29, 0.717) is 11.4 Å². The first kappa shape index (κ1) is 20.8. The Kier molecular flexibility index (Phi) is 5.67. The Morgan fingerprint density at radius 2 is 1.62 bits per heavy atom. The maximum absolute atomic E-state index is 12.2. The summed E-state index contributed by atoms with van der Waals surface area (Å²) < 4.78 is 4.86. The number of primary amides is 1. The van der Waals surface area contributed by atoms with Gasteiger partial charge in [-0.15, -0.1) is 0 Å². The minimum atomic E-state index is -0.865. The van der Waals surface area contributed by atoms with Crippen molar-refractivity contribution in [2.75, 3.05) is 10.6 Å². The number of hydrogen-bond acceptors (Lipinski definition) is 7. The molecule has 0 aliphatic carbocycles. The summed E-state index contributed by atoms with van der Waals surface area (Å²) in [5, 5.41) is 6.14. The molecule has 0 saturated carbocycles. The number of ether oxygens (including phenoxy) is 1. The van der Waals surface area contributed by atoms with Gasteiger partial charge >= 0.3 is 6.09 Å². The molecule has 0 aliphatic heterocycles. The molecule has 8 heteroatoms. The van der Waals surface area contributed by atoms with Gasteiger partial charge in [0.2, 0.25) is 0 Å². The zero-order valence-corrected chi connectivity index (χ0v) is 17.2. The van der Waals surface area contributed by atoms with Gasteiger partial charge in [0, 0.05) is 24.1 Å². The Balaban J connectivity index is 1.52. The predicted octanol–water partition coefficient (Wildman–Crippen LogP) is 3.72. The maximum Gasteiger partial charge on any atom is 0.409 e. The van der Waals surface area contributed by atoms with Crippen LogP contribution in [-0.4, -0.2) is 11.1 Å². The molecule has 32 heavy (non-hydrogen) atoms. The Hall–Kier alpha value is -4.46. The van der Waals surface area contributed by atoms with E-state index < -0.39 is 17.0 Å². The highest BCUT2D eigenvalue weighted by Crippen LogP contribution is 2.28. The molecule has 0 aliphatic rings. The van der Waals surface area contributed by atoms with Crippen LogP contribution in [0.5, 0.6) is 5.75 Å². The molecule has 0 spiro atoms. The molecule has 1 heterocycles. The van der Waals surface area contributed by atoms with Crippen molar-refractivity contribution < 1.29 is 9.53 Å². The first-order valence-corrected chi connectivity index (χ1v) is 9.87. The summed E-state index contributed by atoms with van der Waals surface area (Å²) in [6.45, 7) is 1.91. The van der Waals surface area contributed by atoms with E-state index in [-0.39, 0.29) is 17.4 Å². The fourth-order valence-electron chi connectivity index (χ4n) is 3.35. The lowest BCUT2D eigenvalue weighted by atomic mass is 9.99. The summed E-state index contributed by atoms with van der Waals surface area (Å²) >= 11 is 0. The number of nitrogens with two attached hydrogens (primary N) is 1. The van der Waals surface area contributed by atoms with Crippen molar-refractivity contribution in [3.05, 3.63) is 99.1 Å². The molecule has 8 nitrogen and oxygen atoms in total. The van der Waals surface area contributed by atoms with Crippen LogP contribution in [-0.2, 0) is 0 Å². The van der Waals surface area contributed by atoms with E-state index >= 15 is 0 Å². The van der Waals surface area contributed by atoms with Crippen LogP contribution in [0.25, 0.3) is 11.1 Å². The number of carbonyl (C=O) groups excluding carboxylic acids is 1. The highest BCUT2D eigenvalue weighted by atomic mass is 16.5. The normalized spacial score (nSPS) is 11.7. The Morgan fingerprint density at radius 3 is 2.31 bits per heavy atom. The molecule has 160 valence electrons. The first-order valence-electron chi connectivity index (χ1n) is 9.87. The minimum Gasteiger partial charge on any atom is -0.411 e. The summed E-state index contributed by atoms with van der Waals surface area (Å²) in [7, 11) is 0. The van der Waals surface area contributed by atoms with Crippen LogP contribution in [0.1, 0.15) is 18.5 Å². The van der Waals surface area contributed by atoms with Crippen LogP contribution < -0.4 is 32.0 Å². The smallest absolute Gasteiger partial charge is 0.409 e. The first-order chi connectivity index (χ1) is 15.4. The van der Waals surface area contributed by atoms with E-state index in [1.54, 1.807) is 36.7 Å². The fraction of sp³-hybridized carbons (Fsp3) is 0.0833. The summed E-state index contributed by atoms with van der Waals surface area (Å²) in [6, 6.07) is 18.0. The molecule has 0 fully saturated rings. The number of benzene rings is 2. The van der Waals surface area contributed by atoms with E-state index in [4.69, 9.17) is 10.5 Å². The lowest BCUT2D eigenvalue weighted by Crippen LogP contribution is -2.37. The maximum atomic E-state index is 12.2. The molecule has 1 amide bonds. The third-order valence-electron chi connectivity index (χ3n) is 5.01. The largest absolute Gasteiger partial charge is 0.411 e. The molecule has 3 aromatic carbocycles. The van der Waals surface area contributed by atoms with Crippen molar-refractivity contribution in [3.63, 3.8) is 0 Å². The number of hydrogen-bond donors (Lipinski definition) is 3. The van der Waals surface area contributed by atoms with Gasteiger partial charge in [0.05, 0.1) is 0 Å². The molecule has 4 N–H and O–H groups in total. The third-order valence-corrected chi connectivity index (χ3v) is 5.01. The predicted molar refractivity (Wildman–Crippen MR) is 123 cm³/mol. The van der Waals surface area contributed by atoms with Crippen LogP contribution in [0.3, 0.4) is 0 Å². The van der Waals surface area contributed by atoms with Crippen molar-refractivity contribution in [1.29, 1.82) is 0 Å². The number of nitrogens with one attached hydrogen (secondary N) is 2.